The molecule has 3 heterocycles. The van der Waals surface area contributed by atoms with Gasteiger partial charge in [-0.05, 0) is 48.1 Å². The zero-order valence-corrected chi connectivity index (χ0v) is 11.5. The van der Waals surface area contributed by atoms with Gasteiger partial charge in [0.05, 0.1) is 23.7 Å². The molecule has 0 saturated carbocycles. The van der Waals surface area contributed by atoms with Crippen LogP contribution in [0.3, 0.4) is 0 Å². The van der Waals surface area contributed by atoms with Crippen LogP contribution in [0.4, 0.5) is 0 Å². The molecule has 2 aliphatic heterocycles. The van der Waals surface area contributed by atoms with Crippen LogP contribution in [0.15, 0.2) is 29.6 Å². The molecular weight excluding hydrogens is 254 g/mol. The first-order chi connectivity index (χ1) is 9.31. The van der Waals surface area contributed by atoms with Crippen molar-refractivity contribution < 1.29 is 4.74 Å². The van der Waals surface area contributed by atoms with Gasteiger partial charge in [0.2, 0.25) is 0 Å². The highest BCUT2D eigenvalue weighted by Crippen LogP contribution is 2.50. The third-order valence-electron chi connectivity index (χ3n) is 4.61. The van der Waals surface area contributed by atoms with Gasteiger partial charge in [-0.15, -0.1) is 11.3 Å². The van der Waals surface area contributed by atoms with Crippen molar-refractivity contribution in [3.05, 3.63) is 35.2 Å². The number of hydrogen-bond acceptors (Lipinski definition) is 3. The molecule has 2 aromatic rings. The van der Waals surface area contributed by atoms with Gasteiger partial charge in [0.25, 0.3) is 0 Å². The summed E-state index contributed by atoms with van der Waals surface area (Å²) in [5, 5.41) is 13.2. The Kier molecular flexibility index (Phi) is 2.45. The van der Waals surface area contributed by atoms with Gasteiger partial charge in [-0.25, -0.2) is 0 Å². The highest BCUT2D eigenvalue weighted by molar-refractivity contribution is 7.17. The lowest BCUT2D eigenvalue weighted by molar-refractivity contribution is 0.0788. The molecule has 1 aromatic heterocycles. The normalized spacial score (nSPS) is 32.8. The van der Waals surface area contributed by atoms with Crippen molar-refractivity contribution in [2.24, 2.45) is 5.41 Å². The molecule has 3 atom stereocenters. The Bertz CT molecular complexity index is 671. The average molecular weight is 269 g/mol. The van der Waals surface area contributed by atoms with Crippen LogP contribution in [0, 0.1) is 16.7 Å². The second kappa shape index (κ2) is 4.06. The second-order valence-corrected chi connectivity index (χ2v) is 6.64. The van der Waals surface area contributed by atoms with Crippen molar-refractivity contribution >= 4 is 21.4 Å². The van der Waals surface area contributed by atoms with Gasteiger partial charge in [0, 0.05) is 4.70 Å². The van der Waals surface area contributed by atoms with E-state index >= 15 is 0 Å². The predicted octanol–water partition coefficient (Wildman–Crippen LogP) is 3.91. The van der Waals surface area contributed by atoms with Gasteiger partial charge in [0.1, 0.15) is 0 Å². The molecule has 1 aromatic carbocycles. The highest BCUT2D eigenvalue weighted by atomic mass is 32.1. The lowest BCUT2D eigenvalue weighted by atomic mass is 9.71. The van der Waals surface area contributed by atoms with Crippen molar-refractivity contribution in [1.29, 1.82) is 5.26 Å². The highest BCUT2D eigenvalue weighted by Gasteiger charge is 2.52. The Morgan fingerprint density at radius 1 is 1.37 bits per heavy atom. The summed E-state index contributed by atoms with van der Waals surface area (Å²) in [6.07, 6.45) is 4.43. The van der Waals surface area contributed by atoms with Crippen LogP contribution in [-0.4, -0.2) is 12.2 Å². The lowest BCUT2D eigenvalue weighted by Crippen LogP contribution is -2.33. The summed E-state index contributed by atoms with van der Waals surface area (Å²) in [5.74, 6) is 0. The number of fused-ring (bicyclic) bond motifs is 3. The van der Waals surface area contributed by atoms with Crippen molar-refractivity contribution in [3.8, 4) is 6.07 Å². The van der Waals surface area contributed by atoms with E-state index < -0.39 is 0 Å². The molecule has 0 aliphatic carbocycles. The third kappa shape index (κ3) is 1.64. The monoisotopic (exact) mass is 269 g/mol. The molecule has 19 heavy (non-hydrogen) atoms. The fourth-order valence-electron chi connectivity index (χ4n) is 3.65. The maximum atomic E-state index is 9.68. The number of nitriles is 1. The van der Waals surface area contributed by atoms with Crippen molar-refractivity contribution in [3.63, 3.8) is 0 Å². The Labute approximate surface area is 116 Å². The van der Waals surface area contributed by atoms with Crippen molar-refractivity contribution in [2.45, 2.75) is 37.9 Å². The van der Waals surface area contributed by atoms with E-state index in [1.165, 1.54) is 15.6 Å². The minimum absolute atomic E-state index is 0.154. The first-order valence-electron chi connectivity index (χ1n) is 6.82. The van der Waals surface area contributed by atoms with E-state index in [1.54, 1.807) is 11.3 Å². The van der Waals surface area contributed by atoms with Gasteiger partial charge >= 0.3 is 0 Å². The molecular formula is C16H15NOS. The zero-order valence-electron chi connectivity index (χ0n) is 10.6. The van der Waals surface area contributed by atoms with E-state index in [0.29, 0.717) is 6.10 Å². The van der Waals surface area contributed by atoms with Crippen LogP contribution in [0.5, 0.6) is 0 Å². The minimum atomic E-state index is -0.285. The standard InChI is InChI=1S/C16H15NOS/c17-10-16(8-12-5-6-15(16)18-12)7-11-9-19-14-4-2-1-3-13(11)14/h1-4,9,12,15H,5-8H2. The maximum absolute atomic E-state index is 9.68. The summed E-state index contributed by atoms with van der Waals surface area (Å²) in [5.41, 5.74) is 1.03. The van der Waals surface area contributed by atoms with Crippen LogP contribution in [0.25, 0.3) is 10.1 Å². The molecule has 2 fully saturated rings. The smallest absolute Gasteiger partial charge is 0.0900 e. The third-order valence-corrected chi connectivity index (χ3v) is 5.62. The van der Waals surface area contributed by atoms with Crippen LogP contribution in [-0.2, 0) is 11.2 Å². The molecule has 2 bridgehead atoms. The molecule has 4 rings (SSSR count). The molecule has 3 unspecified atom stereocenters. The van der Waals surface area contributed by atoms with E-state index in [-0.39, 0.29) is 11.5 Å². The molecule has 0 radical (unpaired) electrons. The zero-order chi connectivity index (χ0) is 12.9. The van der Waals surface area contributed by atoms with E-state index in [4.69, 9.17) is 4.74 Å². The number of nitrogens with zero attached hydrogens (tertiary/aromatic N) is 1. The quantitative estimate of drug-likeness (QED) is 0.828. The Morgan fingerprint density at radius 2 is 2.26 bits per heavy atom. The van der Waals surface area contributed by atoms with Crippen LogP contribution < -0.4 is 0 Å². The molecule has 2 aliphatic rings. The molecule has 0 spiro atoms. The number of rotatable bonds is 2. The Morgan fingerprint density at radius 3 is 3.00 bits per heavy atom. The predicted molar refractivity (Wildman–Crippen MR) is 76.1 cm³/mol. The van der Waals surface area contributed by atoms with Gasteiger partial charge in [0.15, 0.2) is 0 Å². The molecule has 96 valence electrons. The molecule has 0 N–H and O–H groups in total. The number of thiophene rings is 1. The van der Waals surface area contributed by atoms with E-state index in [0.717, 1.165) is 25.7 Å². The summed E-state index contributed by atoms with van der Waals surface area (Å²) < 4.78 is 7.24. The maximum Gasteiger partial charge on any atom is 0.0900 e. The molecule has 3 heteroatoms. The van der Waals surface area contributed by atoms with Gasteiger partial charge in [-0.2, -0.15) is 5.26 Å². The molecule has 0 amide bonds. The topological polar surface area (TPSA) is 33.0 Å². The SMILES string of the molecule is N#CC1(Cc2csc3ccccc23)CC2CCC1O2. The Hall–Kier alpha value is -1.37. The summed E-state index contributed by atoms with van der Waals surface area (Å²) >= 11 is 1.78. The summed E-state index contributed by atoms with van der Waals surface area (Å²) in [7, 11) is 0. The molecule has 2 saturated heterocycles. The second-order valence-electron chi connectivity index (χ2n) is 5.73. The van der Waals surface area contributed by atoms with Gasteiger partial charge < -0.3 is 4.74 Å². The summed E-state index contributed by atoms with van der Waals surface area (Å²) in [6.45, 7) is 0. The first kappa shape index (κ1) is 11.5. The summed E-state index contributed by atoms with van der Waals surface area (Å²) in [6, 6.07) is 11.1. The van der Waals surface area contributed by atoms with E-state index in [1.807, 2.05) is 0 Å². The van der Waals surface area contributed by atoms with E-state index in [9.17, 15) is 5.26 Å². The van der Waals surface area contributed by atoms with Gasteiger partial charge in [-0.1, -0.05) is 18.2 Å². The van der Waals surface area contributed by atoms with E-state index in [2.05, 4.69) is 35.7 Å². The number of ether oxygens (including phenoxy) is 1. The fraction of sp³-hybridized carbons (Fsp3) is 0.438. The lowest BCUT2D eigenvalue weighted by Gasteiger charge is -2.27. The first-order valence-corrected chi connectivity index (χ1v) is 7.70. The van der Waals surface area contributed by atoms with Crippen molar-refractivity contribution in [1.82, 2.24) is 0 Å². The fourth-order valence-corrected chi connectivity index (χ4v) is 4.62. The Balaban J connectivity index is 1.73. The summed E-state index contributed by atoms with van der Waals surface area (Å²) in [4.78, 5) is 0. The average Bonchev–Trinajstić information content (AvgIpc) is 3.14. The molecule has 2 nitrogen and oxygen atoms in total. The van der Waals surface area contributed by atoms with Gasteiger partial charge in [-0.3, -0.25) is 0 Å². The minimum Gasteiger partial charge on any atom is -0.373 e. The van der Waals surface area contributed by atoms with Crippen LogP contribution >= 0.6 is 11.3 Å². The number of hydrogen-bond donors (Lipinski definition) is 0. The largest absolute Gasteiger partial charge is 0.373 e. The van der Waals surface area contributed by atoms with Crippen molar-refractivity contribution in [2.75, 3.05) is 0 Å². The van der Waals surface area contributed by atoms with Crippen LogP contribution in [0.2, 0.25) is 0 Å². The van der Waals surface area contributed by atoms with Crippen LogP contribution in [0.1, 0.15) is 24.8 Å². The number of benzene rings is 1.